The van der Waals surface area contributed by atoms with Crippen LogP contribution in [0, 0.1) is 6.92 Å². The van der Waals surface area contributed by atoms with Crippen LogP contribution in [0.2, 0.25) is 3.63 Å². The molecule has 0 nitrogen and oxygen atoms in total. The average molecular weight is 248 g/mol. The Bertz CT molecular complexity index is 273. The van der Waals surface area contributed by atoms with E-state index in [1.807, 2.05) is 18.2 Å². The first-order chi connectivity index (χ1) is 6.29. The van der Waals surface area contributed by atoms with Crippen LogP contribution in [0.4, 0.5) is 0 Å². The molecular weight excluding hydrogens is 235 g/mol. The fourth-order valence-corrected chi connectivity index (χ4v) is 1.51. The number of hydrogen-bond acceptors (Lipinski definition) is 0. The summed E-state index contributed by atoms with van der Waals surface area (Å²) >= 11 is 1.59. The molecule has 0 aromatic heterocycles. The van der Waals surface area contributed by atoms with Crippen LogP contribution >= 0.6 is 0 Å². The van der Waals surface area contributed by atoms with E-state index in [2.05, 4.69) is 43.4 Å². The van der Waals surface area contributed by atoms with Gasteiger partial charge in [0.15, 0.2) is 0 Å². The number of benzene rings is 1. The second-order valence-corrected chi connectivity index (χ2v) is 4.59. The Hall–Kier alpha value is -0.417. The Morgan fingerprint density at radius 3 is 1.77 bits per heavy atom. The molecule has 2 rings (SSSR count). The van der Waals surface area contributed by atoms with Crippen LogP contribution in [0.25, 0.3) is 0 Å². The Balaban J connectivity index is 0.000000132. The molecule has 1 aromatic rings. The Kier molecular flexibility index (Phi) is 5.00. The molecule has 0 unspecified atom stereocenters. The Morgan fingerprint density at radius 1 is 1.00 bits per heavy atom. The molecule has 1 heteroatoms. The molecule has 0 radical (unpaired) electrons. The molecule has 0 N–H and O–H groups in total. The van der Waals surface area contributed by atoms with Crippen LogP contribution in [0.3, 0.4) is 0 Å². The third-order valence-corrected chi connectivity index (χ3v) is 2.63. The van der Waals surface area contributed by atoms with Crippen molar-refractivity contribution in [1.82, 2.24) is 0 Å². The third-order valence-electron chi connectivity index (χ3n) is 1.69. The molecule has 0 saturated heterocycles. The molecule has 0 heterocycles. The van der Waals surface area contributed by atoms with Gasteiger partial charge in [-0.05, 0) is 6.92 Å². The van der Waals surface area contributed by atoms with E-state index in [9.17, 15) is 0 Å². The van der Waals surface area contributed by atoms with Crippen molar-refractivity contribution in [2.24, 2.45) is 0 Å². The van der Waals surface area contributed by atoms with Gasteiger partial charge >= 0.3 is 52.6 Å². The van der Waals surface area contributed by atoms with Crippen LogP contribution in [0.1, 0.15) is 5.56 Å². The van der Waals surface area contributed by atoms with Crippen molar-refractivity contribution in [3.63, 3.8) is 0 Å². The predicted molar refractivity (Wildman–Crippen MR) is 53.2 cm³/mol. The third kappa shape index (κ3) is 5.00. The second kappa shape index (κ2) is 6.10. The van der Waals surface area contributed by atoms with E-state index in [0.29, 0.717) is 0 Å². The van der Waals surface area contributed by atoms with Crippen molar-refractivity contribution in [3.05, 3.63) is 60.2 Å². The standard InChI is InChI=1S/C7H8.C5H5.Zr/c1-7-5-3-2-4-6-7;1-2-4-5-3-1;/h2-6H,1H3;1-5H;. The number of allylic oxidation sites excluding steroid dienone is 4. The number of rotatable bonds is 0. The molecule has 0 spiro atoms. The van der Waals surface area contributed by atoms with Crippen molar-refractivity contribution < 1.29 is 24.7 Å². The molecule has 0 atom stereocenters. The summed E-state index contributed by atoms with van der Waals surface area (Å²) in [5, 5.41) is 0. The maximum atomic E-state index is 2.21. The van der Waals surface area contributed by atoms with Gasteiger partial charge in [-0.3, -0.25) is 0 Å². The summed E-state index contributed by atoms with van der Waals surface area (Å²) in [5.74, 6) is 0. The fraction of sp³-hybridized carbons (Fsp3) is 0.167. The van der Waals surface area contributed by atoms with Crippen LogP contribution in [-0.2, 0) is 24.7 Å². The Labute approximate surface area is 95.2 Å². The van der Waals surface area contributed by atoms with Crippen molar-refractivity contribution in [2.75, 3.05) is 0 Å². The molecular formula is C12H13Zr. The van der Waals surface area contributed by atoms with E-state index < -0.39 is 0 Å². The van der Waals surface area contributed by atoms with Crippen LogP contribution < -0.4 is 0 Å². The first-order valence-electron chi connectivity index (χ1n) is 4.37. The van der Waals surface area contributed by atoms with Gasteiger partial charge in [0.05, 0.1) is 0 Å². The minimum atomic E-state index is 0.775. The topological polar surface area (TPSA) is 0 Å². The van der Waals surface area contributed by atoms with Gasteiger partial charge in [0.1, 0.15) is 0 Å². The monoisotopic (exact) mass is 247 g/mol. The van der Waals surface area contributed by atoms with Crippen molar-refractivity contribution in [1.29, 1.82) is 0 Å². The van der Waals surface area contributed by atoms with Gasteiger partial charge in [-0.15, -0.1) is 0 Å². The van der Waals surface area contributed by atoms with Gasteiger partial charge < -0.3 is 0 Å². The molecule has 1 aromatic carbocycles. The van der Waals surface area contributed by atoms with E-state index in [1.54, 1.807) is 24.7 Å². The molecule has 1 aliphatic rings. The maximum absolute atomic E-state index is 2.21. The SMILES string of the molecule is Cc1ccccc1.[Zr][CH]1C=CC=C1. The summed E-state index contributed by atoms with van der Waals surface area (Å²) in [7, 11) is 0. The van der Waals surface area contributed by atoms with Crippen LogP contribution in [-0.4, -0.2) is 0 Å². The number of hydrogen-bond donors (Lipinski definition) is 0. The van der Waals surface area contributed by atoms with Gasteiger partial charge in [0.2, 0.25) is 0 Å². The molecule has 13 heavy (non-hydrogen) atoms. The first kappa shape index (κ1) is 10.7. The molecule has 0 aliphatic heterocycles. The van der Waals surface area contributed by atoms with Gasteiger partial charge in [-0.25, -0.2) is 0 Å². The Morgan fingerprint density at radius 2 is 1.54 bits per heavy atom. The van der Waals surface area contributed by atoms with Gasteiger partial charge in [0.25, 0.3) is 0 Å². The van der Waals surface area contributed by atoms with Crippen molar-refractivity contribution >= 4 is 0 Å². The van der Waals surface area contributed by atoms with Gasteiger partial charge in [-0.2, -0.15) is 0 Å². The summed E-state index contributed by atoms with van der Waals surface area (Å²) in [6.07, 6.45) is 8.61. The van der Waals surface area contributed by atoms with Crippen molar-refractivity contribution in [2.45, 2.75) is 10.5 Å². The molecule has 0 saturated carbocycles. The summed E-state index contributed by atoms with van der Waals surface area (Å²) < 4.78 is 0.775. The zero-order valence-corrected chi connectivity index (χ0v) is 10.2. The van der Waals surface area contributed by atoms with E-state index in [0.717, 1.165) is 3.63 Å². The van der Waals surface area contributed by atoms with E-state index in [-0.39, 0.29) is 0 Å². The molecule has 0 amide bonds. The van der Waals surface area contributed by atoms with E-state index in [4.69, 9.17) is 0 Å². The average Bonchev–Trinajstić information content (AvgIpc) is 2.58. The normalized spacial score (nSPS) is 13.8. The molecule has 0 fully saturated rings. The number of aryl methyl sites for hydroxylation is 1. The molecule has 65 valence electrons. The quantitative estimate of drug-likeness (QED) is 0.660. The van der Waals surface area contributed by atoms with Gasteiger partial charge in [-0.1, -0.05) is 35.9 Å². The van der Waals surface area contributed by atoms with Gasteiger partial charge in [0, 0.05) is 0 Å². The predicted octanol–water partition coefficient (Wildman–Crippen LogP) is 3.44. The summed E-state index contributed by atoms with van der Waals surface area (Å²) in [6, 6.07) is 10.3. The fourth-order valence-electron chi connectivity index (χ4n) is 0.966. The first-order valence-corrected chi connectivity index (χ1v) is 5.79. The summed E-state index contributed by atoms with van der Waals surface area (Å²) in [5.41, 5.74) is 1.32. The van der Waals surface area contributed by atoms with E-state index in [1.165, 1.54) is 5.56 Å². The second-order valence-electron chi connectivity index (χ2n) is 2.95. The zero-order valence-electron chi connectivity index (χ0n) is 7.77. The molecule has 1 aliphatic carbocycles. The van der Waals surface area contributed by atoms with Crippen LogP contribution in [0.15, 0.2) is 54.6 Å². The van der Waals surface area contributed by atoms with Crippen molar-refractivity contribution in [3.8, 4) is 0 Å². The summed E-state index contributed by atoms with van der Waals surface area (Å²) in [6.45, 7) is 2.08. The summed E-state index contributed by atoms with van der Waals surface area (Å²) in [4.78, 5) is 0. The van der Waals surface area contributed by atoms with E-state index >= 15 is 0 Å². The zero-order chi connectivity index (χ0) is 9.52. The van der Waals surface area contributed by atoms with Crippen LogP contribution in [0.5, 0.6) is 0 Å². The minimum absolute atomic E-state index is 0.775. The molecule has 0 bridgehead atoms.